The number of rotatable bonds is 4. The number of aromatic amines is 2. The van der Waals surface area contributed by atoms with Crippen LogP contribution in [0.25, 0.3) is 10.9 Å². The van der Waals surface area contributed by atoms with Crippen molar-refractivity contribution in [3.05, 3.63) is 61.9 Å². The molecule has 2 atom stereocenters. The standard InChI is InChI=1S/C21H26N4O3/c1-4-12(3)25-20(27)16(19(26)23-21(25)28)18-17-14(10-11-24(18)5-2)13-8-6-7-9-15(13)22-17/h6-9,12,18,22,27H,4-5,10-11H2,1-3H3,(H,23,26,28). The summed E-state index contributed by atoms with van der Waals surface area (Å²) in [4.78, 5) is 33.2. The number of benzene rings is 1. The average molecular weight is 382 g/mol. The van der Waals surface area contributed by atoms with Crippen molar-refractivity contribution in [1.82, 2.24) is 19.4 Å². The molecule has 0 spiro atoms. The maximum atomic E-state index is 12.8. The number of aromatic hydroxyl groups is 1. The Morgan fingerprint density at radius 2 is 1.96 bits per heavy atom. The fourth-order valence-electron chi connectivity index (χ4n) is 4.35. The van der Waals surface area contributed by atoms with E-state index in [-0.39, 0.29) is 17.5 Å². The quantitative estimate of drug-likeness (QED) is 0.647. The van der Waals surface area contributed by atoms with E-state index in [1.54, 1.807) is 0 Å². The van der Waals surface area contributed by atoms with Crippen molar-refractivity contribution < 1.29 is 5.11 Å². The van der Waals surface area contributed by atoms with Crippen LogP contribution in [0.5, 0.6) is 5.88 Å². The van der Waals surface area contributed by atoms with E-state index in [4.69, 9.17) is 0 Å². The van der Waals surface area contributed by atoms with E-state index in [1.807, 2.05) is 39.0 Å². The molecule has 0 amide bonds. The highest BCUT2D eigenvalue weighted by Crippen LogP contribution is 2.39. The minimum absolute atomic E-state index is 0.219. The van der Waals surface area contributed by atoms with Gasteiger partial charge < -0.3 is 10.1 Å². The summed E-state index contributed by atoms with van der Waals surface area (Å²) in [7, 11) is 0. The Balaban J connectivity index is 2.01. The molecule has 148 valence electrons. The molecule has 1 aliphatic rings. The Labute approximate surface area is 162 Å². The van der Waals surface area contributed by atoms with Gasteiger partial charge in [-0.1, -0.05) is 32.0 Å². The summed E-state index contributed by atoms with van der Waals surface area (Å²) in [6, 6.07) is 7.43. The van der Waals surface area contributed by atoms with Gasteiger partial charge in [-0.05, 0) is 37.9 Å². The van der Waals surface area contributed by atoms with Gasteiger partial charge in [0.1, 0.15) is 5.56 Å². The molecule has 3 aromatic rings. The zero-order chi connectivity index (χ0) is 20.0. The minimum atomic E-state index is -0.573. The Bertz CT molecular complexity index is 1140. The Hall–Kier alpha value is -2.80. The van der Waals surface area contributed by atoms with E-state index in [0.717, 1.165) is 36.1 Å². The third-order valence-electron chi connectivity index (χ3n) is 6.00. The first kappa shape index (κ1) is 18.6. The van der Waals surface area contributed by atoms with Crippen molar-refractivity contribution in [2.24, 2.45) is 0 Å². The number of hydrogen-bond acceptors (Lipinski definition) is 4. The van der Waals surface area contributed by atoms with E-state index in [9.17, 15) is 14.7 Å². The summed E-state index contributed by atoms with van der Waals surface area (Å²) in [5.74, 6) is -0.238. The summed E-state index contributed by atoms with van der Waals surface area (Å²) in [5.41, 5.74) is 2.24. The van der Waals surface area contributed by atoms with Crippen LogP contribution in [0, 0.1) is 0 Å². The van der Waals surface area contributed by atoms with Crippen LogP contribution >= 0.6 is 0 Å². The summed E-state index contributed by atoms with van der Waals surface area (Å²) < 4.78 is 1.29. The topological polar surface area (TPSA) is 94.1 Å². The lowest BCUT2D eigenvalue weighted by Gasteiger charge is -2.35. The second-order valence-electron chi connectivity index (χ2n) is 7.47. The van der Waals surface area contributed by atoms with Crippen molar-refractivity contribution in [3.63, 3.8) is 0 Å². The van der Waals surface area contributed by atoms with E-state index in [0.29, 0.717) is 6.42 Å². The number of likely N-dealkylation sites (N-methyl/N-ethyl adjacent to an activating group) is 1. The molecule has 4 rings (SSSR count). The van der Waals surface area contributed by atoms with Crippen LogP contribution in [0.3, 0.4) is 0 Å². The SMILES string of the molecule is CCC(C)n1c(O)c(C2c3[nH]c4ccccc4c3CCN2CC)c(=O)[nH]c1=O. The Kier molecular flexibility index (Phi) is 4.63. The molecule has 0 bridgehead atoms. The van der Waals surface area contributed by atoms with Crippen LogP contribution in [0.4, 0.5) is 0 Å². The predicted molar refractivity (Wildman–Crippen MR) is 109 cm³/mol. The van der Waals surface area contributed by atoms with Crippen molar-refractivity contribution in [2.75, 3.05) is 13.1 Å². The molecule has 0 radical (unpaired) electrons. The fourth-order valence-corrected chi connectivity index (χ4v) is 4.35. The predicted octanol–water partition coefficient (Wildman–Crippen LogP) is 2.66. The maximum absolute atomic E-state index is 12.8. The van der Waals surface area contributed by atoms with Crippen molar-refractivity contribution >= 4 is 10.9 Å². The van der Waals surface area contributed by atoms with Gasteiger partial charge in [0.2, 0.25) is 5.88 Å². The zero-order valence-electron chi connectivity index (χ0n) is 16.5. The van der Waals surface area contributed by atoms with Crippen molar-refractivity contribution in [2.45, 2.75) is 45.7 Å². The second-order valence-corrected chi connectivity index (χ2v) is 7.47. The van der Waals surface area contributed by atoms with Gasteiger partial charge in [-0.15, -0.1) is 0 Å². The second kappa shape index (κ2) is 6.98. The summed E-state index contributed by atoms with van der Waals surface area (Å²) >= 11 is 0. The van der Waals surface area contributed by atoms with Crippen LogP contribution in [-0.2, 0) is 6.42 Å². The van der Waals surface area contributed by atoms with Crippen LogP contribution in [0.1, 0.15) is 56.1 Å². The zero-order valence-corrected chi connectivity index (χ0v) is 16.5. The van der Waals surface area contributed by atoms with Crippen LogP contribution in [0.15, 0.2) is 33.9 Å². The first-order chi connectivity index (χ1) is 13.5. The number of aromatic nitrogens is 3. The van der Waals surface area contributed by atoms with E-state index in [1.165, 1.54) is 10.1 Å². The van der Waals surface area contributed by atoms with E-state index >= 15 is 0 Å². The molecule has 1 aliphatic heterocycles. The largest absolute Gasteiger partial charge is 0.494 e. The molecular formula is C21H26N4O3. The monoisotopic (exact) mass is 382 g/mol. The van der Waals surface area contributed by atoms with Crippen LogP contribution in [0.2, 0.25) is 0 Å². The Morgan fingerprint density at radius 1 is 1.21 bits per heavy atom. The third kappa shape index (κ3) is 2.69. The molecular weight excluding hydrogens is 356 g/mol. The number of fused-ring (bicyclic) bond motifs is 3. The molecule has 1 aromatic carbocycles. The smallest absolute Gasteiger partial charge is 0.331 e. The van der Waals surface area contributed by atoms with Crippen molar-refractivity contribution in [1.29, 1.82) is 0 Å². The molecule has 7 nitrogen and oxygen atoms in total. The lowest BCUT2D eigenvalue weighted by molar-refractivity contribution is 0.213. The summed E-state index contributed by atoms with van der Waals surface area (Å²) in [6.07, 6.45) is 1.53. The number of para-hydroxylation sites is 1. The summed E-state index contributed by atoms with van der Waals surface area (Å²) in [5, 5.41) is 12.2. The van der Waals surface area contributed by atoms with Gasteiger partial charge in [0.25, 0.3) is 5.56 Å². The highest BCUT2D eigenvalue weighted by Gasteiger charge is 2.35. The molecule has 3 heterocycles. The van der Waals surface area contributed by atoms with E-state index < -0.39 is 17.3 Å². The Morgan fingerprint density at radius 3 is 2.68 bits per heavy atom. The van der Waals surface area contributed by atoms with Crippen LogP contribution < -0.4 is 11.2 Å². The van der Waals surface area contributed by atoms with Gasteiger partial charge in [-0.25, -0.2) is 4.79 Å². The van der Waals surface area contributed by atoms with Gasteiger partial charge in [-0.2, -0.15) is 0 Å². The molecule has 0 saturated carbocycles. The van der Waals surface area contributed by atoms with Gasteiger partial charge in [0, 0.05) is 29.2 Å². The molecule has 28 heavy (non-hydrogen) atoms. The molecule has 0 aliphatic carbocycles. The van der Waals surface area contributed by atoms with Crippen molar-refractivity contribution in [3.8, 4) is 5.88 Å². The molecule has 3 N–H and O–H groups in total. The number of hydrogen-bond donors (Lipinski definition) is 3. The van der Waals surface area contributed by atoms with Gasteiger partial charge in [0.05, 0.1) is 6.04 Å². The molecule has 0 saturated heterocycles. The lowest BCUT2D eigenvalue weighted by Crippen LogP contribution is -2.41. The minimum Gasteiger partial charge on any atom is -0.494 e. The van der Waals surface area contributed by atoms with Crippen LogP contribution in [-0.4, -0.2) is 37.6 Å². The average Bonchev–Trinajstić information content (AvgIpc) is 3.06. The third-order valence-corrected chi connectivity index (χ3v) is 6.00. The van der Waals surface area contributed by atoms with Gasteiger partial charge in [0.15, 0.2) is 0 Å². The molecule has 7 heteroatoms. The number of H-pyrrole nitrogens is 2. The number of nitrogens with zero attached hydrogens (tertiary/aromatic N) is 2. The first-order valence-electron chi connectivity index (χ1n) is 9.89. The lowest BCUT2D eigenvalue weighted by atomic mass is 9.93. The number of nitrogens with one attached hydrogen (secondary N) is 2. The fraction of sp³-hybridized carbons (Fsp3) is 0.429. The molecule has 2 aromatic heterocycles. The highest BCUT2D eigenvalue weighted by atomic mass is 16.3. The molecule has 2 unspecified atom stereocenters. The first-order valence-corrected chi connectivity index (χ1v) is 9.89. The van der Waals surface area contributed by atoms with Gasteiger partial charge in [-0.3, -0.25) is 19.2 Å². The highest BCUT2D eigenvalue weighted by molar-refractivity contribution is 5.85. The summed E-state index contributed by atoms with van der Waals surface area (Å²) in [6.45, 7) is 7.33. The normalized spacial score (nSPS) is 18.3. The molecule has 0 fully saturated rings. The van der Waals surface area contributed by atoms with E-state index in [2.05, 4.69) is 20.9 Å². The maximum Gasteiger partial charge on any atom is 0.331 e. The van der Waals surface area contributed by atoms with Gasteiger partial charge >= 0.3 is 5.69 Å².